The maximum absolute atomic E-state index is 14.2. The molecule has 0 aliphatic carbocycles. The maximum Gasteiger partial charge on any atom is 0.295 e. The zero-order chi connectivity index (χ0) is 17.1. The van der Waals surface area contributed by atoms with Crippen LogP contribution in [0.15, 0.2) is 36.4 Å². The summed E-state index contributed by atoms with van der Waals surface area (Å²) < 4.78 is 19.5. The van der Waals surface area contributed by atoms with Gasteiger partial charge in [0.05, 0.1) is 23.2 Å². The molecule has 1 saturated heterocycles. The SMILES string of the molecule is O=[N+]([O-])c1ccc(Cl)c(F)c1Nc1ccc(N2CCOCC2)cc1. The fraction of sp³-hybridized carbons (Fsp3) is 0.250. The first kappa shape index (κ1) is 16.5. The molecule has 2 aromatic rings. The Morgan fingerprint density at radius 3 is 2.46 bits per heavy atom. The highest BCUT2D eigenvalue weighted by Gasteiger charge is 2.21. The monoisotopic (exact) mass is 351 g/mol. The summed E-state index contributed by atoms with van der Waals surface area (Å²) in [4.78, 5) is 12.6. The number of nitrogens with one attached hydrogen (secondary N) is 1. The van der Waals surface area contributed by atoms with E-state index in [1.54, 1.807) is 12.1 Å². The molecule has 1 aliphatic heterocycles. The second-order valence-corrected chi connectivity index (χ2v) is 5.69. The van der Waals surface area contributed by atoms with Gasteiger partial charge in [0.15, 0.2) is 11.5 Å². The molecule has 0 bridgehead atoms. The van der Waals surface area contributed by atoms with Crippen LogP contribution in [-0.4, -0.2) is 31.2 Å². The molecule has 24 heavy (non-hydrogen) atoms. The van der Waals surface area contributed by atoms with E-state index in [0.717, 1.165) is 18.8 Å². The van der Waals surface area contributed by atoms with Crippen molar-refractivity contribution in [2.45, 2.75) is 0 Å². The summed E-state index contributed by atoms with van der Waals surface area (Å²) in [6.45, 7) is 2.97. The molecule has 1 N–H and O–H groups in total. The minimum absolute atomic E-state index is 0.173. The van der Waals surface area contributed by atoms with Crippen LogP contribution in [0.2, 0.25) is 5.02 Å². The van der Waals surface area contributed by atoms with Gasteiger partial charge in [0.25, 0.3) is 5.69 Å². The first-order valence-corrected chi connectivity index (χ1v) is 7.76. The molecular formula is C16H15ClFN3O3. The van der Waals surface area contributed by atoms with E-state index in [1.807, 2.05) is 12.1 Å². The lowest BCUT2D eigenvalue weighted by atomic mass is 10.2. The molecule has 1 heterocycles. The Kier molecular flexibility index (Phi) is 4.82. The number of halogens is 2. The van der Waals surface area contributed by atoms with E-state index in [0.29, 0.717) is 18.9 Å². The van der Waals surface area contributed by atoms with Crippen LogP contribution in [0.3, 0.4) is 0 Å². The average molecular weight is 352 g/mol. The van der Waals surface area contributed by atoms with Crippen LogP contribution in [0.5, 0.6) is 0 Å². The number of hydrogen-bond acceptors (Lipinski definition) is 5. The van der Waals surface area contributed by atoms with Gasteiger partial charge in [-0.3, -0.25) is 10.1 Å². The van der Waals surface area contributed by atoms with Crippen molar-refractivity contribution in [1.29, 1.82) is 0 Å². The second-order valence-electron chi connectivity index (χ2n) is 5.28. The molecule has 0 unspecified atom stereocenters. The van der Waals surface area contributed by atoms with E-state index in [2.05, 4.69) is 10.2 Å². The molecule has 0 radical (unpaired) electrons. The van der Waals surface area contributed by atoms with Crippen LogP contribution in [-0.2, 0) is 4.74 Å². The number of benzene rings is 2. The molecule has 0 spiro atoms. The van der Waals surface area contributed by atoms with Crippen molar-refractivity contribution < 1.29 is 14.1 Å². The highest BCUT2D eigenvalue weighted by atomic mass is 35.5. The minimum atomic E-state index is -0.844. The van der Waals surface area contributed by atoms with Gasteiger partial charge in [0.1, 0.15) is 0 Å². The summed E-state index contributed by atoms with van der Waals surface area (Å²) in [6.07, 6.45) is 0. The number of nitro groups is 1. The Morgan fingerprint density at radius 1 is 1.17 bits per heavy atom. The Morgan fingerprint density at radius 2 is 1.83 bits per heavy atom. The lowest BCUT2D eigenvalue weighted by Gasteiger charge is -2.28. The summed E-state index contributed by atoms with van der Waals surface area (Å²) in [5.74, 6) is -0.844. The summed E-state index contributed by atoms with van der Waals surface area (Å²) >= 11 is 5.73. The molecule has 1 aliphatic rings. The standard InChI is InChI=1S/C16H15ClFN3O3/c17-13-5-6-14(21(22)23)16(15(13)18)19-11-1-3-12(4-2-11)20-7-9-24-10-8-20/h1-6,19H,7-10H2. The molecule has 2 aromatic carbocycles. The fourth-order valence-corrected chi connectivity index (χ4v) is 2.69. The van der Waals surface area contributed by atoms with Crippen LogP contribution in [0.25, 0.3) is 0 Å². The van der Waals surface area contributed by atoms with E-state index >= 15 is 0 Å². The zero-order valence-electron chi connectivity index (χ0n) is 12.7. The van der Waals surface area contributed by atoms with Gasteiger partial charge in [-0.15, -0.1) is 0 Å². The average Bonchev–Trinajstić information content (AvgIpc) is 2.60. The fourth-order valence-electron chi connectivity index (χ4n) is 2.53. The maximum atomic E-state index is 14.2. The number of ether oxygens (including phenoxy) is 1. The van der Waals surface area contributed by atoms with Crippen molar-refractivity contribution in [3.8, 4) is 0 Å². The zero-order valence-corrected chi connectivity index (χ0v) is 13.4. The van der Waals surface area contributed by atoms with E-state index < -0.39 is 10.7 Å². The predicted octanol–water partition coefficient (Wildman–Crippen LogP) is 3.97. The number of morpholine rings is 1. The Labute approximate surface area is 142 Å². The molecular weight excluding hydrogens is 337 g/mol. The third kappa shape index (κ3) is 3.42. The number of nitrogens with zero attached hydrogens (tertiary/aromatic N) is 2. The van der Waals surface area contributed by atoms with Crippen LogP contribution in [0.4, 0.5) is 27.1 Å². The van der Waals surface area contributed by atoms with Crippen LogP contribution >= 0.6 is 11.6 Å². The van der Waals surface area contributed by atoms with Gasteiger partial charge in [-0.1, -0.05) is 11.6 Å². The molecule has 126 valence electrons. The number of hydrogen-bond donors (Lipinski definition) is 1. The summed E-state index contributed by atoms with van der Waals surface area (Å²) in [6, 6.07) is 9.59. The van der Waals surface area contributed by atoms with Crippen LogP contribution < -0.4 is 10.2 Å². The summed E-state index contributed by atoms with van der Waals surface area (Å²) in [7, 11) is 0. The molecule has 8 heteroatoms. The number of anilines is 3. The first-order chi connectivity index (χ1) is 11.6. The lowest BCUT2D eigenvalue weighted by molar-refractivity contribution is -0.384. The van der Waals surface area contributed by atoms with Crippen LogP contribution in [0, 0.1) is 15.9 Å². The third-order valence-corrected chi connectivity index (χ3v) is 4.07. The molecule has 0 amide bonds. The van der Waals surface area contributed by atoms with Gasteiger partial charge in [-0.2, -0.15) is 0 Å². The second kappa shape index (κ2) is 7.02. The highest BCUT2D eigenvalue weighted by molar-refractivity contribution is 6.31. The van der Waals surface area contributed by atoms with E-state index in [1.165, 1.54) is 12.1 Å². The van der Waals surface area contributed by atoms with Gasteiger partial charge < -0.3 is 15.0 Å². The molecule has 6 nitrogen and oxygen atoms in total. The van der Waals surface area contributed by atoms with E-state index in [9.17, 15) is 14.5 Å². The molecule has 0 aromatic heterocycles. The van der Waals surface area contributed by atoms with Crippen LogP contribution in [0.1, 0.15) is 0 Å². The quantitative estimate of drug-likeness (QED) is 0.667. The third-order valence-electron chi connectivity index (χ3n) is 3.78. The smallest absolute Gasteiger partial charge is 0.295 e. The number of nitro benzene ring substituents is 1. The van der Waals surface area contributed by atoms with Crippen molar-refractivity contribution in [2.75, 3.05) is 36.5 Å². The first-order valence-electron chi connectivity index (χ1n) is 7.38. The van der Waals surface area contributed by atoms with E-state index in [4.69, 9.17) is 16.3 Å². The molecule has 0 saturated carbocycles. The van der Waals surface area contributed by atoms with Gasteiger partial charge in [-0.05, 0) is 30.3 Å². The van der Waals surface area contributed by atoms with Gasteiger partial charge in [-0.25, -0.2) is 4.39 Å². The van der Waals surface area contributed by atoms with Gasteiger partial charge >= 0.3 is 0 Å². The topological polar surface area (TPSA) is 67.6 Å². The highest BCUT2D eigenvalue weighted by Crippen LogP contribution is 2.34. The Hall–Kier alpha value is -2.38. The van der Waals surface area contributed by atoms with E-state index in [-0.39, 0.29) is 16.4 Å². The molecule has 0 atom stereocenters. The summed E-state index contributed by atoms with van der Waals surface area (Å²) in [5.41, 5.74) is 0.946. The Balaban J connectivity index is 1.84. The van der Waals surface area contributed by atoms with Crippen molar-refractivity contribution >= 4 is 34.4 Å². The summed E-state index contributed by atoms with van der Waals surface area (Å²) in [5, 5.41) is 13.6. The largest absolute Gasteiger partial charge is 0.378 e. The number of rotatable bonds is 4. The Bertz CT molecular complexity index is 749. The predicted molar refractivity (Wildman–Crippen MR) is 90.8 cm³/mol. The van der Waals surface area contributed by atoms with Crippen molar-refractivity contribution in [1.82, 2.24) is 0 Å². The van der Waals surface area contributed by atoms with Gasteiger partial charge in [0, 0.05) is 30.5 Å². The van der Waals surface area contributed by atoms with Crippen molar-refractivity contribution in [3.05, 3.63) is 57.4 Å². The van der Waals surface area contributed by atoms with Crippen molar-refractivity contribution in [2.24, 2.45) is 0 Å². The minimum Gasteiger partial charge on any atom is -0.378 e. The molecule has 3 rings (SSSR count). The molecule has 1 fully saturated rings. The van der Waals surface area contributed by atoms with Crippen molar-refractivity contribution in [3.63, 3.8) is 0 Å². The lowest BCUT2D eigenvalue weighted by Crippen LogP contribution is -2.36. The normalized spacial score (nSPS) is 14.5. The van der Waals surface area contributed by atoms with Gasteiger partial charge in [0.2, 0.25) is 0 Å².